The van der Waals surface area contributed by atoms with Crippen LogP contribution in [0, 0.1) is 0 Å². The molecule has 0 atom stereocenters. The van der Waals surface area contributed by atoms with Crippen molar-refractivity contribution < 1.29 is 9.53 Å². The Bertz CT molecular complexity index is 730. The first-order chi connectivity index (χ1) is 10.8. The SMILES string of the molecule is Cn1nccc1-c1cnc2c(c1)CN(C(=O)OC(C)(C)C)CC2. The third-order valence-electron chi connectivity index (χ3n) is 3.81. The van der Waals surface area contributed by atoms with E-state index in [0.717, 1.165) is 28.9 Å². The maximum absolute atomic E-state index is 12.3. The molecule has 6 nitrogen and oxygen atoms in total. The highest BCUT2D eigenvalue weighted by molar-refractivity contribution is 5.69. The number of aryl methyl sites for hydroxylation is 1. The minimum absolute atomic E-state index is 0.269. The Hall–Kier alpha value is -2.37. The van der Waals surface area contributed by atoms with Crippen molar-refractivity contribution in [2.75, 3.05) is 6.54 Å². The molecule has 0 fully saturated rings. The molecule has 2 aromatic rings. The number of rotatable bonds is 1. The predicted octanol–water partition coefficient (Wildman–Crippen LogP) is 2.78. The predicted molar refractivity (Wildman–Crippen MR) is 86.8 cm³/mol. The zero-order valence-corrected chi connectivity index (χ0v) is 14.0. The second-order valence-electron chi connectivity index (χ2n) is 6.82. The van der Waals surface area contributed by atoms with Crippen LogP contribution in [0.3, 0.4) is 0 Å². The van der Waals surface area contributed by atoms with Crippen LogP contribution in [0.15, 0.2) is 24.5 Å². The van der Waals surface area contributed by atoms with Crippen molar-refractivity contribution in [3.8, 4) is 11.3 Å². The second-order valence-corrected chi connectivity index (χ2v) is 6.82. The molecule has 0 aliphatic carbocycles. The van der Waals surface area contributed by atoms with Gasteiger partial charge in [0.1, 0.15) is 5.60 Å². The van der Waals surface area contributed by atoms with E-state index in [2.05, 4.69) is 16.1 Å². The topological polar surface area (TPSA) is 60.2 Å². The molecule has 6 heteroatoms. The summed E-state index contributed by atoms with van der Waals surface area (Å²) in [6.07, 6.45) is 4.12. The first-order valence-corrected chi connectivity index (χ1v) is 7.77. The summed E-state index contributed by atoms with van der Waals surface area (Å²) in [4.78, 5) is 18.6. The Morgan fingerprint density at radius 2 is 2.13 bits per heavy atom. The van der Waals surface area contributed by atoms with Gasteiger partial charge in [-0.1, -0.05) is 0 Å². The molecule has 3 heterocycles. The molecule has 1 aliphatic heterocycles. The Kier molecular flexibility index (Phi) is 3.83. The van der Waals surface area contributed by atoms with Gasteiger partial charge in [-0.2, -0.15) is 5.10 Å². The van der Waals surface area contributed by atoms with Crippen LogP contribution >= 0.6 is 0 Å². The summed E-state index contributed by atoms with van der Waals surface area (Å²) in [5.41, 5.74) is 3.66. The Morgan fingerprint density at radius 1 is 1.35 bits per heavy atom. The molecule has 0 saturated heterocycles. The summed E-state index contributed by atoms with van der Waals surface area (Å²) in [7, 11) is 1.90. The number of carbonyl (C=O) groups excluding carboxylic acids is 1. The number of fused-ring (bicyclic) bond motifs is 1. The Labute approximate surface area is 136 Å². The van der Waals surface area contributed by atoms with Gasteiger partial charge < -0.3 is 9.64 Å². The van der Waals surface area contributed by atoms with Crippen molar-refractivity contribution in [2.45, 2.75) is 39.3 Å². The monoisotopic (exact) mass is 314 g/mol. The van der Waals surface area contributed by atoms with Gasteiger partial charge in [0.15, 0.2) is 0 Å². The summed E-state index contributed by atoms with van der Waals surface area (Å²) in [5, 5.41) is 4.19. The number of hydrogen-bond acceptors (Lipinski definition) is 4. The van der Waals surface area contributed by atoms with Gasteiger partial charge in [0, 0.05) is 43.7 Å². The van der Waals surface area contributed by atoms with Crippen molar-refractivity contribution in [3.63, 3.8) is 0 Å². The molecule has 0 unspecified atom stereocenters. The van der Waals surface area contributed by atoms with E-state index in [4.69, 9.17) is 4.74 Å². The van der Waals surface area contributed by atoms with E-state index >= 15 is 0 Å². The van der Waals surface area contributed by atoms with Gasteiger partial charge in [0.2, 0.25) is 0 Å². The van der Waals surface area contributed by atoms with Crippen molar-refractivity contribution in [1.82, 2.24) is 19.7 Å². The fraction of sp³-hybridized carbons (Fsp3) is 0.471. The van der Waals surface area contributed by atoms with Crippen LogP contribution < -0.4 is 0 Å². The number of ether oxygens (including phenoxy) is 1. The summed E-state index contributed by atoms with van der Waals surface area (Å²) in [6.45, 7) is 6.81. The quantitative estimate of drug-likeness (QED) is 0.812. The van der Waals surface area contributed by atoms with Crippen LogP contribution in [0.2, 0.25) is 0 Å². The molecule has 3 rings (SSSR count). The average molecular weight is 314 g/mol. The van der Waals surface area contributed by atoms with Gasteiger partial charge >= 0.3 is 6.09 Å². The van der Waals surface area contributed by atoms with E-state index in [-0.39, 0.29) is 6.09 Å². The highest BCUT2D eigenvalue weighted by Gasteiger charge is 2.26. The van der Waals surface area contributed by atoms with Crippen LogP contribution in [0.1, 0.15) is 32.0 Å². The molecule has 2 aromatic heterocycles. The number of amides is 1. The van der Waals surface area contributed by atoms with Gasteiger partial charge in [0.05, 0.1) is 12.2 Å². The molecule has 0 aromatic carbocycles. The number of nitrogens with zero attached hydrogens (tertiary/aromatic N) is 4. The molecule has 23 heavy (non-hydrogen) atoms. The van der Waals surface area contributed by atoms with Gasteiger partial charge in [-0.05, 0) is 38.5 Å². The molecule has 122 valence electrons. The zero-order chi connectivity index (χ0) is 16.6. The van der Waals surface area contributed by atoms with Gasteiger partial charge in [0.25, 0.3) is 0 Å². The first-order valence-electron chi connectivity index (χ1n) is 7.77. The Balaban J connectivity index is 1.82. The molecule has 0 saturated carbocycles. The highest BCUT2D eigenvalue weighted by atomic mass is 16.6. The average Bonchev–Trinajstić information content (AvgIpc) is 2.90. The molecule has 0 N–H and O–H groups in total. The fourth-order valence-corrected chi connectivity index (χ4v) is 2.71. The highest BCUT2D eigenvalue weighted by Crippen LogP contribution is 2.25. The van der Waals surface area contributed by atoms with E-state index in [1.807, 2.05) is 44.8 Å². The van der Waals surface area contributed by atoms with Gasteiger partial charge in [-0.15, -0.1) is 0 Å². The maximum Gasteiger partial charge on any atom is 0.410 e. The molecular formula is C17H22N4O2. The lowest BCUT2D eigenvalue weighted by Crippen LogP contribution is -2.40. The van der Waals surface area contributed by atoms with Crippen molar-refractivity contribution >= 4 is 6.09 Å². The summed E-state index contributed by atoms with van der Waals surface area (Å²) in [6, 6.07) is 4.05. The van der Waals surface area contributed by atoms with E-state index in [1.165, 1.54) is 0 Å². The van der Waals surface area contributed by atoms with E-state index in [1.54, 1.807) is 11.1 Å². The van der Waals surface area contributed by atoms with Crippen LogP contribution in [-0.4, -0.2) is 37.9 Å². The van der Waals surface area contributed by atoms with Crippen molar-refractivity contribution in [1.29, 1.82) is 0 Å². The third-order valence-corrected chi connectivity index (χ3v) is 3.81. The minimum Gasteiger partial charge on any atom is -0.444 e. The molecule has 1 amide bonds. The number of hydrogen-bond donors (Lipinski definition) is 0. The molecule has 1 aliphatic rings. The van der Waals surface area contributed by atoms with Gasteiger partial charge in [-0.25, -0.2) is 4.79 Å². The second kappa shape index (κ2) is 5.68. The minimum atomic E-state index is -0.480. The fourth-order valence-electron chi connectivity index (χ4n) is 2.71. The van der Waals surface area contributed by atoms with Crippen molar-refractivity contribution in [2.24, 2.45) is 7.05 Å². The largest absolute Gasteiger partial charge is 0.444 e. The number of carbonyl (C=O) groups is 1. The standard InChI is InChI=1S/C17H22N4O2/c1-17(2,3)23-16(22)21-8-6-14-13(11-21)9-12(10-18-14)15-5-7-19-20(15)4/h5,7,9-10H,6,8,11H2,1-4H3. The lowest BCUT2D eigenvalue weighted by molar-refractivity contribution is 0.0223. The normalized spacial score (nSPS) is 14.5. The van der Waals surface area contributed by atoms with Gasteiger partial charge in [-0.3, -0.25) is 9.67 Å². The van der Waals surface area contributed by atoms with E-state index < -0.39 is 5.60 Å². The van der Waals surface area contributed by atoms with Crippen molar-refractivity contribution in [3.05, 3.63) is 35.8 Å². The Morgan fingerprint density at radius 3 is 2.78 bits per heavy atom. The number of aromatic nitrogens is 3. The lowest BCUT2D eigenvalue weighted by atomic mass is 10.0. The summed E-state index contributed by atoms with van der Waals surface area (Å²) >= 11 is 0. The summed E-state index contributed by atoms with van der Waals surface area (Å²) < 4.78 is 7.28. The van der Waals surface area contributed by atoms with Crippen LogP contribution in [0.5, 0.6) is 0 Å². The number of pyridine rings is 1. The maximum atomic E-state index is 12.3. The van der Waals surface area contributed by atoms with Crippen LogP contribution in [-0.2, 0) is 24.8 Å². The zero-order valence-electron chi connectivity index (χ0n) is 14.0. The van der Waals surface area contributed by atoms with Crippen LogP contribution in [0.4, 0.5) is 4.79 Å². The van der Waals surface area contributed by atoms with E-state index in [9.17, 15) is 4.79 Å². The molecule has 0 bridgehead atoms. The smallest absolute Gasteiger partial charge is 0.410 e. The first kappa shape index (κ1) is 15.5. The molecule has 0 radical (unpaired) electrons. The van der Waals surface area contributed by atoms with E-state index in [0.29, 0.717) is 13.1 Å². The molecule has 0 spiro atoms. The lowest BCUT2D eigenvalue weighted by Gasteiger charge is -2.31. The summed E-state index contributed by atoms with van der Waals surface area (Å²) in [5.74, 6) is 0. The van der Waals surface area contributed by atoms with Crippen LogP contribution in [0.25, 0.3) is 11.3 Å². The molecular weight excluding hydrogens is 292 g/mol. The third kappa shape index (κ3) is 3.36.